The summed E-state index contributed by atoms with van der Waals surface area (Å²) in [5.74, 6) is 1.67. The Balaban J connectivity index is 1.74. The highest BCUT2D eigenvalue weighted by molar-refractivity contribution is 7.13. The molecule has 0 aliphatic rings. The maximum Gasteiger partial charge on any atom is 0.146 e. The minimum absolute atomic E-state index is 0.288. The lowest BCUT2D eigenvalue weighted by Gasteiger charge is -2.10. The van der Waals surface area contributed by atoms with Crippen molar-refractivity contribution >= 4 is 17.2 Å². The zero-order chi connectivity index (χ0) is 14.7. The Kier molecular flexibility index (Phi) is 3.92. The Bertz CT molecular complexity index is 704. The third-order valence-electron chi connectivity index (χ3n) is 3.00. The van der Waals surface area contributed by atoms with Crippen LogP contribution in [-0.4, -0.2) is 24.7 Å². The standard InChI is InChI=1S/C14H16N6S/c1-10(2)20-14(18-9-19-20)7-15-13-6-11(16-8-17-13)12-4-3-5-21-12/h3-6,8-10H,7H2,1-2H3,(H,15,16,17). The van der Waals surface area contributed by atoms with Crippen LogP contribution in [0.5, 0.6) is 0 Å². The fourth-order valence-electron chi connectivity index (χ4n) is 2.01. The van der Waals surface area contributed by atoms with Gasteiger partial charge in [0.2, 0.25) is 0 Å². The Morgan fingerprint density at radius 3 is 2.90 bits per heavy atom. The smallest absolute Gasteiger partial charge is 0.146 e. The summed E-state index contributed by atoms with van der Waals surface area (Å²) in [6.07, 6.45) is 3.15. The molecule has 0 aromatic carbocycles. The van der Waals surface area contributed by atoms with Gasteiger partial charge in [-0.15, -0.1) is 11.3 Å². The fraction of sp³-hybridized carbons (Fsp3) is 0.286. The molecule has 0 aliphatic carbocycles. The van der Waals surface area contributed by atoms with Gasteiger partial charge in [-0.2, -0.15) is 5.10 Å². The summed E-state index contributed by atoms with van der Waals surface area (Å²) in [7, 11) is 0. The average Bonchev–Trinajstić information content (AvgIpc) is 3.16. The molecule has 0 saturated heterocycles. The van der Waals surface area contributed by atoms with Crippen LogP contribution in [0.25, 0.3) is 10.6 Å². The molecule has 7 heteroatoms. The van der Waals surface area contributed by atoms with Crippen molar-refractivity contribution in [2.45, 2.75) is 26.4 Å². The lowest BCUT2D eigenvalue weighted by atomic mass is 10.3. The molecule has 0 aliphatic heterocycles. The monoisotopic (exact) mass is 300 g/mol. The molecule has 3 aromatic heterocycles. The molecule has 21 heavy (non-hydrogen) atoms. The van der Waals surface area contributed by atoms with Crippen molar-refractivity contribution in [1.29, 1.82) is 0 Å². The van der Waals surface area contributed by atoms with Crippen LogP contribution in [0.2, 0.25) is 0 Å². The van der Waals surface area contributed by atoms with Gasteiger partial charge in [0, 0.05) is 12.1 Å². The second-order valence-corrected chi connectivity index (χ2v) is 5.78. The van der Waals surface area contributed by atoms with E-state index < -0.39 is 0 Å². The highest BCUT2D eigenvalue weighted by Gasteiger charge is 2.08. The minimum atomic E-state index is 0.288. The maximum absolute atomic E-state index is 4.30. The molecule has 0 fully saturated rings. The van der Waals surface area contributed by atoms with E-state index >= 15 is 0 Å². The van der Waals surface area contributed by atoms with E-state index in [0.29, 0.717) is 6.54 Å². The quantitative estimate of drug-likeness (QED) is 0.784. The van der Waals surface area contributed by atoms with Crippen molar-refractivity contribution in [2.24, 2.45) is 0 Å². The van der Waals surface area contributed by atoms with Crippen LogP contribution < -0.4 is 5.32 Å². The van der Waals surface area contributed by atoms with Crippen LogP contribution in [0, 0.1) is 0 Å². The summed E-state index contributed by atoms with van der Waals surface area (Å²) in [5.41, 5.74) is 0.924. The lowest BCUT2D eigenvalue weighted by molar-refractivity contribution is 0.509. The highest BCUT2D eigenvalue weighted by atomic mass is 32.1. The van der Waals surface area contributed by atoms with Crippen LogP contribution >= 0.6 is 11.3 Å². The Hall–Kier alpha value is -2.28. The van der Waals surface area contributed by atoms with Gasteiger partial charge in [0.25, 0.3) is 0 Å². The van der Waals surface area contributed by atoms with Gasteiger partial charge in [-0.25, -0.2) is 19.6 Å². The molecule has 108 valence electrons. The number of nitrogens with zero attached hydrogens (tertiary/aromatic N) is 5. The molecule has 0 unspecified atom stereocenters. The van der Waals surface area contributed by atoms with E-state index in [9.17, 15) is 0 Å². The second-order valence-electron chi connectivity index (χ2n) is 4.83. The molecule has 6 nitrogen and oxygen atoms in total. The second kappa shape index (κ2) is 6.01. The number of rotatable bonds is 5. The summed E-state index contributed by atoms with van der Waals surface area (Å²) in [6.45, 7) is 4.74. The molecular weight excluding hydrogens is 284 g/mol. The number of hydrogen-bond donors (Lipinski definition) is 1. The van der Waals surface area contributed by atoms with Gasteiger partial charge in [-0.1, -0.05) is 6.07 Å². The third kappa shape index (κ3) is 3.08. The summed E-state index contributed by atoms with van der Waals surface area (Å²) in [4.78, 5) is 14.0. The average molecular weight is 300 g/mol. The van der Waals surface area contributed by atoms with Gasteiger partial charge in [0.05, 0.1) is 17.1 Å². The van der Waals surface area contributed by atoms with Crippen molar-refractivity contribution in [1.82, 2.24) is 24.7 Å². The predicted octanol–water partition coefficient (Wildman–Crippen LogP) is 2.99. The van der Waals surface area contributed by atoms with Gasteiger partial charge in [0.1, 0.15) is 24.3 Å². The normalized spacial score (nSPS) is 11.0. The van der Waals surface area contributed by atoms with Gasteiger partial charge in [-0.05, 0) is 25.3 Å². The van der Waals surface area contributed by atoms with E-state index in [1.807, 2.05) is 28.3 Å². The number of anilines is 1. The maximum atomic E-state index is 4.30. The van der Waals surface area contributed by atoms with Crippen molar-refractivity contribution in [3.05, 3.63) is 42.1 Å². The minimum Gasteiger partial charge on any atom is -0.363 e. The van der Waals surface area contributed by atoms with E-state index in [4.69, 9.17) is 0 Å². The predicted molar refractivity (Wildman–Crippen MR) is 83.1 cm³/mol. The zero-order valence-electron chi connectivity index (χ0n) is 11.9. The van der Waals surface area contributed by atoms with Crippen molar-refractivity contribution in [3.8, 4) is 10.6 Å². The molecule has 0 bridgehead atoms. The molecule has 0 spiro atoms. The first-order valence-electron chi connectivity index (χ1n) is 6.72. The number of hydrogen-bond acceptors (Lipinski definition) is 6. The van der Waals surface area contributed by atoms with E-state index in [-0.39, 0.29) is 6.04 Å². The van der Waals surface area contributed by atoms with E-state index in [1.54, 1.807) is 24.0 Å². The van der Waals surface area contributed by atoms with Crippen molar-refractivity contribution in [2.75, 3.05) is 5.32 Å². The molecule has 0 amide bonds. The Morgan fingerprint density at radius 2 is 2.14 bits per heavy atom. The Morgan fingerprint density at radius 1 is 1.24 bits per heavy atom. The van der Waals surface area contributed by atoms with E-state index in [2.05, 4.69) is 39.2 Å². The molecule has 0 saturated carbocycles. The number of thiophene rings is 1. The zero-order valence-corrected chi connectivity index (χ0v) is 12.7. The molecule has 3 rings (SSSR count). The van der Waals surface area contributed by atoms with Crippen LogP contribution in [0.1, 0.15) is 25.7 Å². The first-order valence-corrected chi connectivity index (χ1v) is 7.60. The van der Waals surface area contributed by atoms with Crippen LogP contribution in [0.3, 0.4) is 0 Å². The SMILES string of the molecule is CC(C)n1ncnc1CNc1cc(-c2cccs2)ncn1. The van der Waals surface area contributed by atoms with E-state index in [0.717, 1.165) is 22.2 Å². The highest BCUT2D eigenvalue weighted by Crippen LogP contribution is 2.23. The van der Waals surface area contributed by atoms with Gasteiger partial charge >= 0.3 is 0 Å². The first-order chi connectivity index (χ1) is 10.2. The van der Waals surface area contributed by atoms with Gasteiger partial charge < -0.3 is 5.32 Å². The third-order valence-corrected chi connectivity index (χ3v) is 3.90. The van der Waals surface area contributed by atoms with Crippen molar-refractivity contribution < 1.29 is 0 Å². The summed E-state index contributed by atoms with van der Waals surface area (Å²) in [6, 6.07) is 6.30. The Labute approximate surface area is 126 Å². The fourth-order valence-corrected chi connectivity index (χ4v) is 2.71. The summed E-state index contributed by atoms with van der Waals surface area (Å²) < 4.78 is 1.90. The van der Waals surface area contributed by atoms with Crippen LogP contribution in [0.15, 0.2) is 36.2 Å². The lowest BCUT2D eigenvalue weighted by Crippen LogP contribution is -2.12. The molecule has 0 radical (unpaired) electrons. The summed E-state index contributed by atoms with van der Waals surface area (Å²) in [5, 5.41) is 9.53. The van der Waals surface area contributed by atoms with Crippen LogP contribution in [0.4, 0.5) is 5.82 Å². The van der Waals surface area contributed by atoms with Gasteiger partial charge in [0.15, 0.2) is 0 Å². The number of nitrogens with one attached hydrogen (secondary N) is 1. The molecular formula is C14H16N6S. The van der Waals surface area contributed by atoms with Crippen LogP contribution in [-0.2, 0) is 6.54 Å². The molecule has 3 heterocycles. The summed E-state index contributed by atoms with van der Waals surface area (Å²) >= 11 is 1.66. The van der Waals surface area contributed by atoms with E-state index in [1.165, 1.54) is 0 Å². The molecule has 0 atom stereocenters. The van der Waals surface area contributed by atoms with Gasteiger partial charge in [-0.3, -0.25) is 0 Å². The topological polar surface area (TPSA) is 68.5 Å². The largest absolute Gasteiger partial charge is 0.363 e. The first kappa shape index (κ1) is 13.7. The molecule has 1 N–H and O–H groups in total. The van der Waals surface area contributed by atoms with Crippen molar-refractivity contribution in [3.63, 3.8) is 0 Å². The molecule has 3 aromatic rings. The number of aromatic nitrogens is 5.